The summed E-state index contributed by atoms with van der Waals surface area (Å²) in [5.74, 6) is 1.94. The molecule has 0 atom stereocenters. The van der Waals surface area contributed by atoms with Gasteiger partial charge in [0.15, 0.2) is 16.7 Å². The molecular formula is C16H16N4O3S. The number of rotatable bonds is 6. The third-order valence-electron chi connectivity index (χ3n) is 3.29. The summed E-state index contributed by atoms with van der Waals surface area (Å²) < 4.78 is 12.3. The summed E-state index contributed by atoms with van der Waals surface area (Å²) in [5, 5.41) is 11.7. The molecule has 0 aliphatic heterocycles. The van der Waals surface area contributed by atoms with Gasteiger partial charge in [-0.3, -0.25) is 4.79 Å². The maximum Gasteiger partial charge on any atom is 0.234 e. The van der Waals surface area contributed by atoms with Gasteiger partial charge < -0.3 is 19.0 Å². The summed E-state index contributed by atoms with van der Waals surface area (Å²) in [6.07, 6.45) is 1.58. The molecule has 0 saturated heterocycles. The number of amides is 1. The number of aromatic nitrogens is 3. The van der Waals surface area contributed by atoms with E-state index in [4.69, 9.17) is 9.15 Å². The van der Waals surface area contributed by atoms with Crippen molar-refractivity contribution in [1.82, 2.24) is 14.8 Å². The molecule has 3 rings (SSSR count). The molecule has 124 valence electrons. The van der Waals surface area contributed by atoms with E-state index in [2.05, 4.69) is 15.5 Å². The zero-order valence-electron chi connectivity index (χ0n) is 13.2. The van der Waals surface area contributed by atoms with Crippen LogP contribution >= 0.6 is 11.8 Å². The number of hydrogen-bond donors (Lipinski definition) is 1. The van der Waals surface area contributed by atoms with E-state index in [9.17, 15) is 4.79 Å². The summed E-state index contributed by atoms with van der Waals surface area (Å²) in [5.41, 5.74) is 0.639. The molecule has 1 N–H and O–H groups in total. The van der Waals surface area contributed by atoms with Gasteiger partial charge in [0.25, 0.3) is 0 Å². The SMILES string of the molecule is COc1ccccc1NC(=O)CSc1nnc(-c2ccco2)n1C. The van der Waals surface area contributed by atoms with E-state index in [1.165, 1.54) is 11.8 Å². The van der Waals surface area contributed by atoms with Gasteiger partial charge in [0.1, 0.15) is 5.75 Å². The van der Waals surface area contributed by atoms with Crippen LogP contribution in [0, 0.1) is 0 Å². The van der Waals surface area contributed by atoms with Crippen LogP contribution in [0.2, 0.25) is 0 Å². The summed E-state index contributed by atoms with van der Waals surface area (Å²) in [4.78, 5) is 12.1. The highest BCUT2D eigenvalue weighted by Crippen LogP contribution is 2.25. The van der Waals surface area contributed by atoms with Crippen molar-refractivity contribution in [3.8, 4) is 17.3 Å². The van der Waals surface area contributed by atoms with E-state index < -0.39 is 0 Å². The van der Waals surface area contributed by atoms with Crippen LogP contribution in [-0.2, 0) is 11.8 Å². The van der Waals surface area contributed by atoms with E-state index in [1.54, 1.807) is 36.1 Å². The maximum atomic E-state index is 12.1. The Labute approximate surface area is 143 Å². The van der Waals surface area contributed by atoms with Crippen LogP contribution in [0.25, 0.3) is 11.6 Å². The minimum absolute atomic E-state index is 0.146. The molecule has 0 spiro atoms. The number of anilines is 1. The lowest BCUT2D eigenvalue weighted by Gasteiger charge is -2.09. The number of carbonyl (C=O) groups is 1. The Bertz CT molecular complexity index is 830. The Morgan fingerprint density at radius 3 is 2.88 bits per heavy atom. The van der Waals surface area contributed by atoms with Crippen LogP contribution in [0.3, 0.4) is 0 Å². The molecule has 3 aromatic rings. The largest absolute Gasteiger partial charge is 0.495 e. The van der Waals surface area contributed by atoms with Crippen LogP contribution in [0.4, 0.5) is 5.69 Å². The van der Waals surface area contributed by atoms with Crippen LogP contribution in [-0.4, -0.2) is 33.5 Å². The van der Waals surface area contributed by atoms with Gasteiger partial charge >= 0.3 is 0 Å². The van der Waals surface area contributed by atoms with Crippen molar-refractivity contribution in [2.24, 2.45) is 7.05 Å². The first-order valence-electron chi connectivity index (χ1n) is 7.18. The first kappa shape index (κ1) is 16.1. The number of thioether (sulfide) groups is 1. The predicted molar refractivity (Wildman–Crippen MR) is 91.1 cm³/mol. The Balaban J connectivity index is 1.63. The number of ether oxygens (including phenoxy) is 1. The number of benzene rings is 1. The number of nitrogens with one attached hydrogen (secondary N) is 1. The normalized spacial score (nSPS) is 10.6. The predicted octanol–water partition coefficient (Wildman–Crippen LogP) is 2.81. The molecule has 8 heteroatoms. The van der Waals surface area contributed by atoms with Crippen LogP contribution in [0.1, 0.15) is 0 Å². The third kappa shape index (κ3) is 3.43. The van der Waals surface area contributed by atoms with Gasteiger partial charge in [-0.15, -0.1) is 10.2 Å². The van der Waals surface area contributed by atoms with Gasteiger partial charge in [0, 0.05) is 7.05 Å². The fraction of sp³-hybridized carbons (Fsp3) is 0.188. The van der Waals surface area contributed by atoms with Crippen LogP contribution in [0.5, 0.6) is 5.75 Å². The van der Waals surface area contributed by atoms with Crippen molar-refractivity contribution in [3.05, 3.63) is 42.7 Å². The molecule has 7 nitrogen and oxygen atoms in total. The van der Waals surface area contributed by atoms with Crippen molar-refractivity contribution < 1.29 is 13.9 Å². The number of hydrogen-bond acceptors (Lipinski definition) is 6. The second-order valence-electron chi connectivity index (χ2n) is 4.88. The molecule has 2 aromatic heterocycles. The number of nitrogens with zero attached hydrogens (tertiary/aromatic N) is 3. The summed E-state index contributed by atoms with van der Waals surface area (Å²) in [6.45, 7) is 0. The molecule has 0 aliphatic rings. The first-order valence-corrected chi connectivity index (χ1v) is 8.16. The molecule has 1 aromatic carbocycles. The summed E-state index contributed by atoms with van der Waals surface area (Å²) in [6, 6.07) is 10.9. The highest BCUT2D eigenvalue weighted by Gasteiger charge is 2.15. The highest BCUT2D eigenvalue weighted by atomic mass is 32.2. The maximum absolute atomic E-state index is 12.1. The molecule has 0 bridgehead atoms. The summed E-state index contributed by atoms with van der Waals surface area (Å²) in [7, 11) is 3.40. The second-order valence-corrected chi connectivity index (χ2v) is 5.82. The second kappa shape index (κ2) is 7.22. The zero-order chi connectivity index (χ0) is 16.9. The van der Waals surface area contributed by atoms with Gasteiger partial charge in [-0.1, -0.05) is 23.9 Å². The zero-order valence-corrected chi connectivity index (χ0v) is 14.0. The number of furan rings is 1. The average Bonchev–Trinajstić information content (AvgIpc) is 3.23. The smallest absolute Gasteiger partial charge is 0.234 e. The minimum atomic E-state index is -0.146. The molecule has 0 radical (unpaired) electrons. The van der Waals surface area contributed by atoms with Crippen molar-refractivity contribution in [2.45, 2.75) is 5.16 Å². The first-order chi connectivity index (χ1) is 11.7. The highest BCUT2D eigenvalue weighted by molar-refractivity contribution is 7.99. The van der Waals surface area contributed by atoms with Crippen molar-refractivity contribution >= 4 is 23.4 Å². The van der Waals surface area contributed by atoms with E-state index in [0.717, 1.165) is 0 Å². The summed E-state index contributed by atoms with van der Waals surface area (Å²) >= 11 is 1.30. The average molecular weight is 344 g/mol. The van der Waals surface area contributed by atoms with Gasteiger partial charge in [-0.25, -0.2) is 0 Å². The molecule has 2 heterocycles. The standard InChI is InChI=1S/C16H16N4O3S/c1-20-15(13-8-5-9-23-13)18-19-16(20)24-10-14(21)17-11-6-3-4-7-12(11)22-2/h3-9H,10H2,1-2H3,(H,17,21). The molecule has 0 aliphatic carbocycles. The molecule has 0 fully saturated rings. The van der Waals surface area contributed by atoms with E-state index in [-0.39, 0.29) is 11.7 Å². The van der Waals surface area contributed by atoms with Gasteiger partial charge in [0.05, 0.1) is 24.8 Å². The Hall–Kier alpha value is -2.74. The molecular weight excluding hydrogens is 328 g/mol. The third-order valence-corrected chi connectivity index (χ3v) is 4.31. The van der Waals surface area contributed by atoms with Crippen molar-refractivity contribution in [1.29, 1.82) is 0 Å². The quantitative estimate of drug-likeness (QED) is 0.693. The minimum Gasteiger partial charge on any atom is -0.495 e. The van der Waals surface area contributed by atoms with Gasteiger partial charge in [0.2, 0.25) is 5.91 Å². The van der Waals surface area contributed by atoms with Crippen LogP contribution < -0.4 is 10.1 Å². The lowest BCUT2D eigenvalue weighted by atomic mass is 10.3. The molecule has 1 amide bonds. The van der Waals surface area contributed by atoms with Gasteiger partial charge in [-0.2, -0.15) is 0 Å². The molecule has 0 saturated carbocycles. The monoisotopic (exact) mass is 344 g/mol. The van der Waals surface area contributed by atoms with E-state index in [1.807, 2.05) is 25.2 Å². The van der Waals surface area contributed by atoms with Crippen LogP contribution in [0.15, 0.2) is 52.2 Å². The number of para-hydroxylation sites is 2. The molecule has 24 heavy (non-hydrogen) atoms. The number of methoxy groups -OCH3 is 1. The van der Waals surface area contributed by atoms with E-state index in [0.29, 0.717) is 28.2 Å². The van der Waals surface area contributed by atoms with Crippen molar-refractivity contribution in [2.75, 3.05) is 18.2 Å². The fourth-order valence-electron chi connectivity index (χ4n) is 2.13. The Kier molecular flexibility index (Phi) is 4.85. The lowest BCUT2D eigenvalue weighted by molar-refractivity contribution is -0.113. The lowest BCUT2D eigenvalue weighted by Crippen LogP contribution is -2.15. The van der Waals surface area contributed by atoms with Gasteiger partial charge in [-0.05, 0) is 24.3 Å². The van der Waals surface area contributed by atoms with E-state index >= 15 is 0 Å². The fourth-order valence-corrected chi connectivity index (χ4v) is 2.84. The Morgan fingerprint density at radius 2 is 2.12 bits per heavy atom. The van der Waals surface area contributed by atoms with Crippen molar-refractivity contribution in [3.63, 3.8) is 0 Å². The topological polar surface area (TPSA) is 82.2 Å². The Morgan fingerprint density at radius 1 is 1.29 bits per heavy atom. The molecule has 0 unspecified atom stereocenters. The number of carbonyl (C=O) groups excluding carboxylic acids is 1.